The van der Waals surface area contributed by atoms with Crippen LogP contribution in [-0.4, -0.2) is 55.7 Å². The fraction of sp³-hybridized carbons (Fsp3) is 0.480. The third kappa shape index (κ3) is 5.10. The van der Waals surface area contributed by atoms with E-state index < -0.39 is 0 Å². The Morgan fingerprint density at radius 2 is 1.88 bits per heavy atom. The van der Waals surface area contributed by atoms with Crippen molar-refractivity contribution < 1.29 is 14.3 Å². The first-order valence-electron chi connectivity index (χ1n) is 11.5. The summed E-state index contributed by atoms with van der Waals surface area (Å²) in [5.41, 5.74) is 3.30. The van der Waals surface area contributed by atoms with Crippen molar-refractivity contribution in [2.45, 2.75) is 45.6 Å². The summed E-state index contributed by atoms with van der Waals surface area (Å²) in [7, 11) is 0. The maximum absolute atomic E-state index is 13.5. The zero-order valence-electron chi connectivity index (χ0n) is 19.0. The Bertz CT molecular complexity index is 948. The molecule has 1 aromatic heterocycles. The van der Waals surface area contributed by atoms with Gasteiger partial charge in [-0.15, -0.1) is 0 Å². The van der Waals surface area contributed by atoms with E-state index in [1.165, 1.54) is 0 Å². The third-order valence-corrected chi connectivity index (χ3v) is 6.46. The fourth-order valence-electron chi connectivity index (χ4n) is 4.43. The molecule has 7 nitrogen and oxygen atoms in total. The number of carbonyl (C=O) groups excluding carboxylic acids is 2. The number of amides is 2. The van der Waals surface area contributed by atoms with Gasteiger partial charge in [0.2, 0.25) is 5.91 Å². The van der Waals surface area contributed by atoms with Gasteiger partial charge in [-0.05, 0) is 56.0 Å². The molecule has 0 bridgehead atoms. The van der Waals surface area contributed by atoms with Crippen LogP contribution >= 0.6 is 0 Å². The van der Waals surface area contributed by atoms with Crippen LogP contribution in [0.2, 0.25) is 0 Å². The quantitative estimate of drug-likeness (QED) is 0.753. The molecule has 1 N–H and O–H groups in total. The SMILES string of the molecule is Cc1cccc(N(CC(=O)NC2CCCC2)C(=O)c2ccc(N3CCOCC3)nc2)c1C. The highest BCUT2D eigenvalue weighted by atomic mass is 16.5. The van der Waals surface area contributed by atoms with Gasteiger partial charge in [0.05, 0.1) is 18.8 Å². The molecule has 32 heavy (non-hydrogen) atoms. The second-order valence-electron chi connectivity index (χ2n) is 8.66. The highest BCUT2D eigenvalue weighted by Gasteiger charge is 2.25. The molecule has 1 saturated carbocycles. The molecule has 7 heteroatoms. The van der Waals surface area contributed by atoms with Crippen molar-refractivity contribution in [3.8, 4) is 0 Å². The summed E-state index contributed by atoms with van der Waals surface area (Å²) in [5, 5.41) is 3.10. The number of hydrogen-bond acceptors (Lipinski definition) is 5. The number of ether oxygens (including phenoxy) is 1. The molecule has 2 amide bonds. The summed E-state index contributed by atoms with van der Waals surface area (Å²) < 4.78 is 5.40. The smallest absolute Gasteiger partial charge is 0.260 e. The van der Waals surface area contributed by atoms with E-state index >= 15 is 0 Å². The Hall–Kier alpha value is -2.93. The van der Waals surface area contributed by atoms with Crippen LogP contribution in [0, 0.1) is 13.8 Å². The Balaban J connectivity index is 1.56. The minimum absolute atomic E-state index is 0.00909. The molecule has 1 aliphatic heterocycles. The summed E-state index contributed by atoms with van der Waals surface area (Å²) >= 11 is 0. The van der Waals surface area contributed by atoms with Crippen LogP contribution in [0.15, 0.2) is 36.5 Å². The van der Waals surface area contributed by atoms with Gasteiger partial charge < -0.3 is 15.0 Å². The van der Waals surface area contributed by atoms with E-state index in [0.29, 0.717) is 18.8 Å². The number of pyridine rings is 1. The van der Waals surface area contributed by atoms with Crippen molar-refractivity contribution in [1.29, 1.82) is 0 Å². The number of anilines is 2. The monoisotopic (exact) mass is 436 g/mol. The Kier molecular flexibility index (Phi) is 7.05. The molecule has 0 unspecified atom stereocenters. The molecule has 170 valence electrons. The zero-order valence-corrected chi connectivity index (χ0v) is 19.0. The molecular weight excluding hydrogens is 404 g/mol. The largest absolute Gasteiger partial charge is 0.378 e. The number of benzene rings is 1. The van der Waals surface area contributed by atoms with E-state index in [1.807, 2.05) is 38.1 Å². The number of nitrogens with zero attached hydrogens (tertiary/aromatic N) is 3. The number of nitrogens with one attached hydrogen (secondary N) is 1. The molecule has 0 radical (unpaired) electrons. The van der Waals surface area contributed by atoms with Crippen molar-refractivity contribution >= 4 is 23.3 Å². The third-order valence-electron chi connectivity index (χ3n) is 6.46. The second kappa shape index (κ2) is 10.1. The molecule has 1 saturated heterocycles. The van der Waals surface area contributed by atoms with Crippen LogP contribution in [0.3, 0.4) is 0 Å². The lowest BCUT2D eigenvalue weighted by Crippen LogP contribution is -2.44. The topological polar surface area (TPSA) is 74.8 Å². The van der Waals surface area contributed by atoms with Gasteiger partial charge in [0.1, 0.15) is 12.4 Å². The zero-order chi connectivity index (χ0) is 22.5. The molecule has 0 atom stereocenters. The molecule has 1 aliphatic carbocycles. The van der Waals surface area contributed by atoms with Crippen molar-refractivity contribution in [3.05, 3.63) is 53.2 Å². The summed E-state index contributed by atoms with van der Waals surface area (Å²) in [5.74, 6) is 0.493. The standard InChI is InChI=1S/C25H32N4O3/c1-18-6-5-9-22(19(18)2)29(17-24(30)27-21-7-3-4-8-21)25(31)20-10-11-23(26-16-20)28-12-14-32-15-13-28/h5-6,9-11,16,21H,3-4,7-8,12-15,17H2,1-2H3,(H,27,30). The van der Waals surface area contributed by atoms with Gasteiger partial charge in [-0.25, -0.2) is 4.98 Å². The Morgan fingerprint density at radius 1 is 1.12 bits per heavy atom. The highest BCUT2D eigenvalue weighted by molar-refractivity contribution is 6.09. The lowest BCUT2D eigenvalue weighted by molar-refractivity contribution is -0.120. The van der Waals surface area contributed by atoms with E-state index in [1.54, 1.807) is 17.2 Å². The molecule has 4 rings (SSSR count). The maximum atomic E-state index is 13.5. The van der Waals surface area contributed by atoms with Gasteiger partial charge >= 0.3 is 0 Å². The second-order valence-corrected chi connectivity index (χ2v) is 8.66. The first kappa shape index (κ1) is 22.3. The minimum Gasteiger partial charge on any atom is -0.378 e. The van der Waals surface area contributed by atoms with Gasteiger partial charge in [-0.3, -0.25) is 14.5 Å². The van der Waals surface area contributed by atoms with Crippen molar-refractivity contribution in [2.75, 3.05) is 42.6 Å². The number of carbonyl (C=O) groups is 2. The molecular formula is C25H32N4O3. The predicted molar refractivity (Wildman–Crippen MR) is 125 cm³/mol. The lowest BCUT2D eigenvalue weighted by Gasteiger charge is -2.28. The normalized spacial score (nSPS) is 16.8. The summed E-state index contributed by atoms with van der Waals surface area (Å²) in [6.07, 6.45) is 5.92. The minimum atomic E-state index is -0.221. The highest BCUT2D eigenvalue weighted by Crippen LogP contribution is 2.25. The molecule has 1 aromatic carbocycles. The molecule has 2 heterocycles. The fourth-order valence-corrected chi connectivity index (χ4v) is 4.43. The van der Waals surface area contributed by atoms with Crippen LogP contribution < -0.4 is 15.1 Å². The number of aromatic nitrogens is 1. The Labute approximate surface area is 189 Å². The average Bonchev–Trinajstić information content (AvgIpc) is 3.33. The lowest BCUT2D eigenvalue weighted by atomic mass is 10.1. The van der Waals surface area contributed by atoms with Gasteiger partial charge in [-0.2, -0.15) is 0 Å². The van der Waals surface area contributed by atoms with E-state index in [4.69, 9.17) is 4.74 Å². The summed E-state index contributed by atoms with van der Waals surface area (Å²) in [6, 6.07) is 9.72. The van der Waals surface area contributed by atoms with Crippen LogP contribution in [0.4, 0.5) is 11.5 Å². The van der Waals surface area contributed by atoms with Crippen LogP contribution in [0.1, 0.15) is 47.2 Å². The first-order valence-corrected chi connectivity index (χ1v) is 11.5. The van der Waals surface area contributed by atoms with Crippen LogP contribution in [0.25, 0.3) is 0 Å². The molecule has 0 spiro atoms. The predicted octanol–water partition coefficient (Wildman–Crippen LogP) is 3.24. The Morgan fingerprint density at radius 3 is 2.56 bits per heavy atom. The van der Waals surface area contributed by atoms with Crippen LogP contribution in [0.5, 0.6) is 0 Å². The number of hydrogen-bond donors (Lipinski definition) is 1. The van der Waals surface area contributed by atoms with E-state index in [2.05, 4.69) is 15.2 Å². The number of morpholine rings is 1. The number of aryl methyl sites for hydroxylation is 1. The molecule has 2 aromatic rings. The van der Waals surface area contributed by atoms with E-state index in [9.17, 15) is 9.59 Å². The molecule has 2 fully saturated rings. The van der Waals surface area contributed by atoms with Gasteiger partial charge in [0.25, 0.3) is 5.91 Å². The number of rotatable bonds is 6. The van der Waals surface area contributed by atoms with Gasteiger partial charge in [-0.1, -0.05) is 25.0 Å². The van der Waals surface area contributed by atoms with Crippen LogP contribution in [-0.2, 0) is 9.53 Å². The van der Waals surface area contributed by atoms with E-state index in [0.717, 1.165) is 61.4 Å². The van der Waals surface area contributed by atoms with Crippen molar-refractivity contribution in [3.63, 3.8) is 0 Å². The van der Waals surface area contributed by atoms with Crippen molar-refractivity contribution in [1.82, 2.24) is 10.3 Å². The average molecular weight is 437 g/mol. The maximum Gasteiger partial charge on any atom is 0.260 e. The van der Waals surface area contributed by atoms with Gasteiger partial charge in [0, 0.05) is 31.0 Å². The summed E-state index contributed by atoms with van der Waals surface area (Å²) in [4.78, 5) is 34.6. The van der Waals surface area contributed by atoms with Crippen molar-refractivity contribution in [2.24, 2.45) is 0 Å². The van der Waals surface area contributed by atoms with E-state index in [-0.39, 0.29) is 24.4 Å². The van der Waals surface area contributed by atoms with Gasteiger partial charge in [0.15, 0.2) is 0 Å². The molecule has 2 aliphatic rings. The summed E-state index contributed by atoms with van der Waals surface area (Å²) in [6.45, 7) is 6.92. The first-order chi connectivity index (χ1) is 15.5.